The lowest BCUT2D eigenvalue weighted by molar-refractivity contribution is -0.295. The first-order valence-electron chi connectivity index (χ1n) is 14.0. The number of rotatable bonds is 10. The number of allylic oxidation sites excluding steroid dienone is 1. The second-order valence-corrected chi connectivity index (χ2v) is 10.9. The molecule has 0 fully saturated rings. The van der Waals surface area contributed by atoms with Crippen LogP contribution in [0.3, 0.4) is 0 Å². The van der Waals surface area contributed by atoms with Gasteiger partial charge in [0, 0.05) is 28.1 Å². The van der Waals surface area contributed by atoms with Gasteiger partial charge in [0.05, 0.1) is 11.4 Å². The predicted molar refractivity (Wildman–Crippen MR) is 154 cm³/mol. The quantitative estimate of drug-likeness (QED) is 0.161. The summed E-state index contributed by atoms with van der Waals surface area (Å²) < 4.78 is 144. The van der Waals surface area contributed by atoms with E-state index in [2.05, 4.69) is 0 Å². The Morgan fingerprint density at radius 1 is 0.761 bits per heavy atom. The Hall–Kier alpha value is -3.59. The topological polar surface area (TPSA) is 35.8 Å². The molecule has 1 aromatic heterocycles. The van der Waals surface area contributed by atoms with Crippen molar-refractivity contribution in [2.45, 2.75) is 65.2 Å². The number of hydrogen-bond donors (Lipinski definition) is 0. The number of hydrogen-bond acceptors (Lipinski definition) is 3. The maximum Gasteiger partial charge on any atom is 0.598 e. The maximum atomic E-state index is 14.0. The molecule has 0 N–H and O–H groups in total. The highest BCUT2D eigenvalue weighted by molar-refractivity contribution is 6.43. The lowest BCUT2D eigenvalue weighted by Gasteiger charge is -2.26. The summed E-state index contributed by atoms with van der Waals surface area (Å²) in [5.74, 6) is -11.0. The fourth-order valence-electron chi connectivity index (χ4n) is 5.33. The third-order valence-corrected chi connectivity index (χ3v) is 7.75. The molecule has 1 aliphatic heterocycles. The number of aromatic nitrogens is 1. The monoisotopic (exact) mass is 662 g/mol. The summed E-state index contributed by atoms with van der Waals surface area (Å²) in [6.45, 7) is 3.35. The lowest BCUT2D eigenvalue weighted by Crippen LogP contribution is -2.48. The van der Waals surface area contributed by atoms with Crippen LogP contribution in [0.5, 0.6) is 0 Å². The van der Waals surface area contributed by atoms with Crippen LogP contribution in [0.15, 0.2) is 53.5 Å². The molecule has 0 unspecified atom stereocenters. The first-order chi connectivity index (χ1) is 21.2. The summed E-state index contributed by atoms with van der Waals surface area (Å²) in [5, 5.41) is 0. The number of aryl methyl sites for hydroxylation is 1. The fraction of sp³-hybridized carbons (Fsp3) is 0.387. The Morgan fingerprint density at radius 2 is 1.26 bits per heavy atom. The largest absolute Gasteiger partial charge is 0.598 e. The molecule has 3 aromatic rings. The molecule has 0 bridgehead atoms. The van der Waals surface area contributed by atoms with Crippen molar-refractivity contribution in [1.29, 1.82) is 0 Å². The first-order valence-corrected chi connectivity index (χ1v) is 14.0. The van der Waals surface area contributed by atoms with Crippen molar-refractivity contribution >= 4 is 24.2 Å². The van der Waals surface area contributed by atoms with E-state index < -0.39 is 44.7 Å². The van der Waals surface area contributed by atoms with Crippen molar-refractivity contribution in [3.05, 3.63) is 93.3 Å². The summed E-state index contributed by atoms with van der Waals surface area (Å²) in [6.07, 6.45) is -11.9. The van der Waals surface area contributed by atoms with Crippen LogP contribution in [0.4, 0.5) is 43.9 Å². The molecule has 0 aliphatic carbocycles. The van der Waals surface area contributed by atoms with E-state index in [0.717, 1.165) is 21.2 Å². The molecular weight excluding hydrogens is 633 g/mol. The Kier molecular flexibility index (Phi) is 9.62. The maximum absolute atomic E-state index is 14.0. The highest BCUT2D eigenvalue weighted by atomic mass is 19.4. The second-order valence-electron chi connectivity index (χ2n) is 10.9. The minimum absolute atomic E-state index is 0.0868. The molecule has 4 rings (SSSR count). The Balaban J connectivity index is 1.93. The minimum atomic E-state index is -6.10. The van der Waals surface area contributed by atoms with Gasteiger partial charge in [-0.05, 0) is 50.8 Å². The van der Waals surface area contributed by atoms with Crippen LogP contribution in [-0.4, -0.2) is 54.9 Å². The molecule has 0 saturated carbocycles. The fourth-order valence-corrected chi connectivity index (χ4v) is 5.33. The third-order valence-electron chi connectivity index (χ3n) is 7.75. The summed E-state index contributed by atoms with van der Waals surface area (Å²) in [6, 6.07) is 14.6. The van der Waals surface area contributed by atoms with E-state index in [4.69, 9.17) is 14.3 Å². The number of aliphatic imine (C=N–C) groups is 1. The molecule has 1 aliphatic rings. The van der Waals surface area contributed by atoms with E-state index in [1.54, 1.807) is 39.0 Å². The van der Waals surface area contributed by atoms with E-state index in [9.17, 15) is 43.9 Å². The van der Waals surface area contributed by atoms with Gasteiger partial charge in [0.15, 0.2) is 0 Å². The first kappa shape index (κ1) is 35.3. The molecular formula is C31H29BF10N2O2. The molecule has 0 saturated heterocycles. The smallest absolute Gasteiger partial charge is 0.385 e. The molecule has 46 heavy (non-hydrogen) atoms. The van der Waals surface area contributed by atoms with Gasteiger partial charge in [-0.3, -0.25) is 0 Å². The van der Waals surface area contributed by atoms with E-state index in [-0.39, 0.29) is 17.8 Å². The van der Waals surface area contributed by atoms with Gasteiger partial charge in [-0.1, -0.05) is 61.0 Å². The van der Waals surface area contributed by atoms with Crippen molar-refractivity contribution in [3.63, 3.8) is 0 Å². The van der Waals surface area contributed by atoms with Crippen LogP contribution < -0.4 is 0 Å². The van der Waals surface area contributed by atoms with Crippen molar-refractivity contribution < 1.29 is 53.2 Å². The van der Waals surface area contributed by atoms with Gasteiger partial charge in [0.1, 0.15) is 13.2 Å². The van der Waals surface area contributed by atoms with Crippen LogP contribution in [0.25, 0.3) is 11.3 Å². The molecule has 248 valence electrons. The van der Waals surface area contributed by atoms with Crippen molar-refractivity contribution in [1.82, 2.24) is 4.48 Å². The summed E-state index contributed by atoms with van der Waals surface area (Å²) in [4.78, 5) is 4.84. The molecule has 0 atom stereocenters. The van der Waals surface area contributed by atoms with Gasteiger partial charge in [0.2, 0.25) is 0 Å². The van der Waals surface area contributed by atoms with Crippen molar-refractivity contribution in [3.8, 4) is 0 Å². The van der Waals surface area contributed by atoms with E-state index in [0.29, 0.717) is 33.7 Å². The predicted octanol–water partition coefficient (Wildman–Crippen LogP) is 8.98. The molecule has 0 spiro atoms. The van der Waals surface area contributed by atoms with Crippen LogP contribution in [-0.2, 0) is 15.7 Å². The second kappa shape index (κ2) is 12.6. The van der Waals surface area contributed by atoms with Crippen molar-refractivity contribution in [2.24, 2.45) is 4.99 Å². The highest BCUT2D eigenvalue weighted by Gasteiger charge is 2.60. The zero-order chi connectivity index (χ0) is 34.4. The molecule has 0 radical (unpaired) electrons. The van der Waals surface area contributed by atoms with Gasteiger partial charge in [-0.2, -0.15) is 43.9 Å². The van der Waals surface area contributed by atoms with Crippen LogP contribution in [0.1, 0.15) is 58.6 Å². The minimum Gasteiger partial charge on any atom is -0.385 e. The summed E-state index contributed by atoms with van der Waals surface area (Å²) in [5.41, 5.74) is 5.55. The van der Waals surface area contributed by atoms with Gasteiger partial charge >= 0.3 is 31.5 Å². The van der Waals surface area contributed by atoms with E-state index in [1.807, 2.05) is 37.3 Å². The van der Waals surface area contributed by atoms with Gasteiger partial charge in [-0.25, -0.2) is 4.99 Å². The van der Waals surface area contributed by atoms with Crippen LogP contribution in [0.2, 0.25) is 0 Å². The van der Waals surface area contributed by atoms with Crippen molar-refractivity contribution in [2.75, 3.05) is 13.2 Å². The van der Waals surface area contributed by atoms with E-state index in [1.165, 1.54) is 6.92 Å². The average Bonchev–Trinajstić information content (AvgIpc) is 3.46. The number of fused-ring (bicyclic) bond motifs is 1. The molecule has 2 heterocycles. The molecule has 2 aromatic carbocycles. The molecule has 4 nitrogen and oxygen atoms in total. The van der Waals surface area contributed by atoms with Gasteiger partial charge < -0.3 is 13.8 Å². The third kappa shape index (κ3) is 6.62. The highest BCUT2D eigenvalue weighted by Crippen LogP contribution is 2.41. The summed E-state index contributed by atoms with van der Waals surface area (Å²) >= 11 is 0. The number of benzene rings is 2. The Labute approximate surface area is 258 Å². The molecule has 15 heteroatoms. The lowest BCUT2D eigenvalue weighted by atomic mass is 9.96. The normalized spacial score (nSPS) is 15.2. The standard InChI is InChI=1S/C31H29BF10N2O2/c1-6-22-18(3)27(19(4)25-23-9-7-8-10-24(23)26(43-25)21-13-11-17(2)12-14-21)44(20(22)5)32(45-15-28(33,34)30(37,38)39)46-16-29(35,36)31(40,41)42/h7-14H,6,15-16H2,1-5H3/b25-19-. The molecule has 0 amide bonds. The number of nitrogens with zero attached hydrogens (tertiary/aromatic N) is 2. The number of halogens is 10. The van der Waals surface area contributed by atoms with Gasteiger partial charge in [0.25, 0.3) is 0 Å². The van der Waals surface area contributed by atoms with Crippen LogP contribution in [0, 0.1) is 20.8 Å². The average molecular weight is 662 g/mol. The number of alkyl halides is 10. The Bertz CT molecular complexity index is 1630. The zero-order valence-corrected chi connectivity index (χ0v) is 25.3. The van der Waals surface area contributed by atoms with E-state index >= 15 is 0 Å². The van der Waals surface area contributed by atoms with Crippen LogP contribution >= 0.6 is 0 Å². The SMILES string of the molecule is CCc1c(C)c(/C(C)=C2\N=C(c3ccc(C)cc3)c3ccccc32)n(B(OCC(F)(F)C(F)(F)F)OCC(F)(F)C(F)(F)F)c1C. The Morgan fingerprint density at radius 3 is 1.74 bits per heavy atom. The zero-order valence-electron chi connectivity index (χ0n) is 25.3. The van der Waals surface area contributed by atoms with Gasteiger partial charge in [-0.15, -0.1) is 0 Å². The summed E-state index contributed by atoms with van der Waals surface area (Å²) in [7, 11) is -2.54.